The molecule has 5 nitrogen and oxygen atoms in total. The van der Waals surface area contributed by atoms with Crippen molar-refractivity contribution < 1.29 is 9.47 Å². The Hall–Kier alpha value is -3.25. The standard InChI is InChI=1S/C24H23N3O2S/c1-17-4-6-18(7-5-17)16-30-24-26-25-23(19-8-12-21(28-2)13-9-19)27(24)20-10-14-22(29-3)15-11-20/h4-15H,16H2,1-3H3. The van der Waals surface area contributed by atoms with E-state index in [1.165, 1.54) is 11.1 Å². The molecular weight excluding hydrogens is 394 g/mol. The van der Waals surface area contributed by atoms with Gasteiger partial charge in [0.15, 0.2) is 11.0 Å². The number of hydrogen-bond acceptors (Lipinski definition) is 5. The van der Waals surface area contributed by atoms with E-state index in [0.29, 0.717) is 0 Å². The van der Waals surface area contributed by atoms with Crippen LogP contribution in [-0.2, 0) is 5.75 Å². The lowest BCUT2D eigenvalue weighted by molar-refractivity contribution is 0.414. The van der Waals surface area contributed by atoms with E-state index in [1.54, 1.807) is 26.0 Å². The molecule has 30 heavy (non-hydrogen) atoms. The lowest BCUT2D eigenvalue weighted by Crippen LogP contribution is -2.00. The summed E-state index contributed by atoms with van der Waals surface area (Å²) in [5.41, 5.74) is 4.46. The fourth-order valence-corrected chi connectivity index (χ4v) is 3.99. The fraction of sp³-hybridized carbons (Fsp3) is 0.167. The van der Waals surface area contributed by atoms with Crippen molar-refractivity contribution in [3.05, 3.63) is 83.9 Å². The summed E-state index contributed by atoms with van der Waals surface area (Å²) in [4.78, 5) is 0. The van der Waals surface area contributed by atoms with Gasteiger partial charge in [0.1, 0.15) is 11.5 Å². The summed E-state index contributed by atoms with van der Waals surface area (Å²) in [7, 11) is 3.33. The third-order valence-corrected chi connectivity index (χ3v) is 5.80. The molecule has 4 aromatic rings. The number of benzene rings is 3. The molecule has 0 atom stereocenters. The van der Waals surface area contributed by atoms with E-state index in [0.717, 1.165) is 39.5 Å². The van der Waals surface area contributed by atoms with Crippen LogP contribution in [0.1, 0.15) is 11.1 Å². The number of nitrogens with zero attached hydrogens (tertiary/aromatic N) is 3. The monoisotopic (exact) mass is 417 g/mol. The Bertz CT molecular complexity index is 1100. The van der Waals surface area contributed by atoms with Gasteiger partial charge in [0, 0.05) is 17.0 Å². The second-order valence-corrected chi connectivity index (χ2v) is 7.78. The van der Waals surface area contributed by atoms with E-state index in [-0.39, 0.29) is 0 Å². The molecule has 0 saturated heterocycles. The largest absolute Gasteiger partial charge is 0.497 e. The van der Waals surface area contributed by atoms with Crippen molar-refractivity contribution in [2.24, 2.45) is 0 Å². The van der Waals surface area contributed by atoms with E-state index in [1.807, 2.05) is 48.5 Å². The fourth-order valence-electron chi connectivity index (χ4n) is 3.09. The summed E-state index contributed by atoms with van der Waals surface area (Å²) in [5, 5.41) is 9.85. The Balaban J connectivity index is 1.71. The van der Waals surface area contributed by atoms with Gasteiger partial charge in [-0.3, -0.25) is 4.57 Å². The van der Waals surface area contributed by atoms with Crippen LogP contribution in [0.25, 0.3) is 17.1 Å². The number of ether oxygens (including phenoxy) is 2. The molecule has 0 N–H and O–H groups in total. The molecule has 1 aromatic heterocycles. The van der Waals surface area contributed by atoms with Crippen molar-refractivity contribution in [1.29, 1.82) is 0 Å². The zero-order chi connectivity index (χ0) is 20.9. The first-order valence-electron chi connectivity index (χ1n) is 9.60. The maximum absolute atomic E-state index is 5.31. The van der Waals surface area contributed by atoms with E-state index in [4.69, 9.17) is 9.47 Å². The average Bonchev–Trinajstić information content (AvgIpc) is 3.22. The van der Waals surface area contributed by atoms with Crippen LogP contribution in [0.15, 0.2) is 78.0 Å². The van der Waals surface area contributed by atoms with E-state index >= 15 is 0 Å². The van der Waals surface area contributed by atoms with Crippen molar-refractivity contribution in [3.8, 4) is 28.6 Å². The molecule has 0 amide bonds. The van der Waals surface area contributed by atoms with Gasteiger partial charge in [-0.15, -0.1) is 10.2 Å². The zero-order valence-electron chi connectivity index (χ0n) is 17.2. The Kier molecular flexibility index (Phi) is 6.05. The van der Waals surface area contributed by atoms with Crippen LogP contribution in [0.4, 0.5) is 0 Å². The first kappa shape index (κ1) is 20.0. The van der Waals surface area contributed by atoms with Gasteiger partial charge in [-0.2, -0.15) is 0 Å². The minimum atomic E-state index is 0.786. The molecule has 4 rings (SSSR count). The highest BCUT2D eigenvalue weighted by atomic mass is 32.2. The van der Waals surface area contributed by atoms with Crippen LogP contribution < -0.4 is 9.47 Å². The number of thioether (sulfide) groups is 1. The maximum Gasteiger partial charge on any atom is 0.196 e. The van der Waals surface area contributed by atoms with Crippen molar-refractivity contribution >= 4 is 11.8 Å². The third-order valence-electron chi connectivity index (χ3n) is 4.80. The van der Waals surface area contributed by atoms with Gasteiger partial charge in [0.25, 0.3) is 0 Å². The van der Waals surface area contributed by atoms with Crippen LogP contribution >= 0.6 is 11.8 Å². The smallest absolute Gasteiger partial charge is 0.196 e. The Morgan fingerprint density at radius 3 is 1.97 bits per heavy atom. The van der Waals surface area contributed by atoms with Gasteiger partial charge in [0.05, 0.1) is 14.2 Å². The Morgan fingerprint density at radius 1 is 0.767 bits per heavy atom. The minimum absolute atomic E-state index is 0.786. The molecule has 0 fully saturated rings. The molecule has 152 valence electrons. The quantitative estimate of drug-likeness (QED) is 0.369. The lowest BCUT2D eigenvalue weighted by atomic mass is 10.2. The number of rotatable bonds is 7. The highest BCUT2D eigenvalue weighted by Crippen LogP contribution is 2.31. The lowest BCUT2D eigenvalue weighted by Gasteiger charge is -2.11. The van der Waals surface area contributed by atoms with Crippen LogP contribution in [0, 0.1) is 6.92 Å². The van der Waals surface area contributed by atoms with Gasteiger partial charge in [-0.1, -0.05) is 41.6 Å². The highest BCUT2D eigenvalue weighted by molar-refractivity contribution is 7.98. The molecule has 1 heterocycles. The molecule has 0 radical (unpaired) electrons. The number of hydrogen-bond donors (Lipinski definition) is 0. The Labute approximate surface area is 180 Å². The first-order valence-corrected chi connectivity index (χ1v) is 10.6. The molecule has 0 unspecified atom stereocenters. The predicted molar refractivity (Wildman–Crippen MR) is 121 cm³/mol. The van der Waals surface area contributed by atoms with E-state index < -0.39 is 0 Å². The molecule has 3 aromatic carbocycles. The summed E-state index contributed by atoms with van der Waals surface area (Å²) in [6.07, 6.45) is 0. The molecule has 0 aliphatic carbocycles. The topological polar surface area (TPSA) is 49.2 Å². The second kappa shape index (κ2) is 9.05. The zero-order valence-corrected chi connectivity index (χ0v) is 18.0. The van der Waals surface area contributed by atoms with Gasteiger partial charge >= 0.3 is 0 Å². The van der Waals surface area contributed by atoms with Crippen molar-refractivity contribution in [2.75, 3.05) is 14.2 Å². The summed E-state index contributed by atoms with van der Waals surface area (Å²) >= 11 is 1.67. The third kappa shape index (κ3) is 4.33. The van der Waals surface area contributed by atoms with Crippen molar-refractivity contribution in [3.63, 3.8) is 0 Å². The summed E-state index contributed by atoms with van der Waals surface area (Å²) in [6, 6.07) is 24.4. The summed E-state index contributed by atoms with van der Waals surface area (Å²) in [5.74, 6) is 3.22. The summed E-state index contributed by atoms with van der Waals surface area (Å²) < 4.78 is 12.7. The predicted octanol–water partition coefficient (Wildman–Crippen LogP) is 5.55. The normalized spacial score (nSPS) is 10.8. The molecule has 0 aliphatic rings. The van der Waals surface area contributed by atoms with Gasteiger partial charge in [0.2, 0.25) is 0 Å². The molecule has 0 aliphatic heterocycles. The van der Waals surface area contributed by atoms with Crippen LogP contribution in [-0.4, -0.2) is 29.0 Å². The van der Waals surface area contributed by atoms with Gasteiger partial charge in [-0.25, -0.2) is 0 Å². The molecule has 0 bridgehead atoms. The van der Waals surface area contributed by atoms with Crippen LogP contribution in [0.2, 0.25) is 0 Å². The van der Waals surface area contributed by atoms with Gasteiger partial charge in [-0.05, 0) is 61.0 Å². The second-order valence-electron chi connectivity index (χ2n) is 6.84. The average molecular weight is 418 g/mol. The van der Waals surface area contributed by atoms with E-state index in [9.17, 15) is 0 Å². The van der Waals surface area contributed by atoms with Crippen LogP contribution in [0.5, 0.6) is 11.5 Å². The minimum Gasteiger partial charge on any atom is -0.497 e. The van der Waals surface area contributed by atoms with Crippen molar-refractivity contribution in [1.82, 2.24) is 14.8 Å². The van der Waals surface area contributed by atoms with Crippen molar-refractivity contribution in [2.45, 2.75) is 17.8 Å². The Morgan fingerprint density at radius 2 is 1.37 bits per heavy atom. The maximum atomic E-state index is 5.31. The molecule has 0 spiro atoms. The highest BCUT2D eigenvalue weighted by Gasteiger charge is 2.16. The number of aryl methyl sites for hydroxylation is 1. The number of aromatic nitrogens is 3. The number of methoxy groups -OCH3 is 2. The van der Waals surface area contributed by atoms with E-state index in [2.05, 4.69) is 46.0 Å². The molecule has 0 saturated carbocycles. The van der Waals surface area contributed by atoms with Gasteiger partial charge < -0.3 is 9.47 Å². The molecular formula is C24H23N3O2S. The first-order chi connectivity index (χ1) is 14.7. The van der Waals surface area contributed by atoms with Crippen LogP contribution in [0.3, 0.4) is 0 Å². The molecule has 6 heteroatoms. The SMILES string of the molecule is COc1ccc(-c2nnc(SCc3ccc(C)cc3)n2-c2ccc(OC)cc2)cc1. The summed E-state index contributed by atoms with van der Waals surface area (Å²) in [6.45, 7) is 2.10.